The normalized spacial score (nSPS) is 24.4. The highest BCUT2D eigenvalue weighted by Crippen LogP contribution is 2.33. The fraction of sp³-hybridized carbons (Fsp3) is 0.773. The van der Waals surface area contributed by atoms with Crippen LogP contribution in [0.4, 0.5) is 0 Å². The van der Waals surface area contributed by atoms with Gasteiger partial charge in [-0.1, -0.05) is 21.0 Å². The summed E-state index contributed by atoms with van der Waals surface area (Å²) in [6.45, 7) is 5.13. The van der Waals surface area contributed by atoms with Gasteiger partial charge in [0, 0.05) is 39.2 Å². The molecule has 0 unspecified atom stereocenters. The number of carbonyl (C=O) groups is 5. The summed E-state index contributed by atoms with van der Waals surface area (Å²) < 4.78 is 36.5. The minimum absolute atomic E-state index is 0.0379. The molecule has 40 heavy (non-hydrogen) atoms. The molecule has 17 nitrogen and oxygen atoms in total. The molecule has 2 N–H and O–H groups in total. The first-order valence-corrected chi connectivity index (χ1v) is 12.7. The van der Waals surface area contributed by atoms with Gasteiger partial charge in [0.05, 0.1) is 19.8 Å². The number of hydrogen-bond acceptors (Lipinski definition) is 13. The Morgan fingerprint density at radius 2 is 1.68 bits per heavy atom. The van der Waals surface area contributed by atoms with Crippen LogP contribution in [0.3, 0.4) is 0 Å². The van der Waals surface area contributed by atoms with Crippen LogP contribution in [0.1, 0.15) is 34.6 Å². The number of rotatable bonds is 16. The van der Waals surface area contributed by atoms with Crippen molar-refractivity contribution in [3.8, 4) is 0 Å². The summed E-state index contributed by atoms with van der Waals surface area (Å²) in [7, 11) is 0. The molecule has 0 radical (unpaired) electrons. The first-order chi connectivity index (χ1) is 18.7. The Balaban J connectivity index is 3.38. The van der Waals surface area contributed by atoms with Gasteiger partial charge in [-0.3, -0.25) is 24.0 Å². The Morgan fingerprint density at radius 3 is 2.20 bits per heavy atom. The molecular formula is C22H33BrN4O13. The number of aliphatic carboxylic acids is 1. The topological polar surface area (TPSA) is 231 Å². The van der Waals surface area contributed by atoms with Gasteiger partial charge >= 0.3 is 23.9 Å². The quantitative estimate of drug-likeness (QED) is 0.0343. The monoisotopic (exact) mass is 640 g/mol. The number of nitrogens with one attached hydrogen (secondary N) is 1. The molecule has 0 aromatic rings. The number of alkyl halides is 1. The lowest BCUT2D eigenvalue weighted by Crippen LogP contribution is -2.67. The molecule has 18 heteroatoms. The SMILES string of the molecule is CC(=O)N[C@H]1[C@H](O[C@@H](OCCOCCN=[N+]=[N-])[C@@](C)(Br)C(=O)O)O[C@H](COC(C)=O)[C@@H](OC(C)=O)[C@@H]1OC(C)=O. The van der Waals surface area contributed by atoms with E-state index in [1.807, 2.05) is 0 Å². The van der Waals surface area contributed by atoms with Crippen molar-refractivity contribution in [1.82, 2.24) is 5.32 Å². The summed E-state index contributed by atoms with van der Waals surface area (Å²) >= 11 is 3.07. The first kappa shape index (κ1) is 35.0. The highest BCUT2D eigenvalue weighted by Gasteiger charge is 2.53. The zero-order chi connectivity index (χ0) is 30.5. The van der Waals surface area contributed by atoms with E-state index in [1.54, 1.807) is 0 Å². The van der Waals surface area contributed by atoms with Crippen molar-refractivity contribution >= 4 is 45.7 Å². The van der Waals surface area contributed by atoms with Gasteiger partial charge in [-0.15, -0.1) is 0 Å². The smallest absolute Gasteiger partial charge is 0.325 e. The van der Waals surface area contributed by atoms with Gasteiger partial charge in [0.2, 0.25) is 5.91 Å². The third kappa shape index (κ3) is 11.6. The molecule has 0 saturated carbocycles. The predicted octanol–water partition coefficient (Wildman–Crippen LogP) is 0.567. The van der Waals surface area contributed by atoms with E-state index in [-0.39, 0.29) is 26.4 Å². The number of esters is 3. The summed E-state index contributed by atoms with van der Waals surface area (Å²) in [4.78, 5) is 62.1. The van der Waals surface area contributed by atoms with Crippen LogP contribution in [-0.4, -0.2) is 109 Å². The minimum Gasteiger partial charge on any atom is -0.480 e. The number of carboxylic acids is 1. The van der Waals surface area contributed by atoms with E-state index in [9.17, 15) is 29.1 Å². The van der Waals surface area contributed by atoms with E-state index >= 15 is 0 Å². The standard InChI is InChI=1S/C22H33BrN4O13/c1-11(28)26-16-18(38-14(4)31)17(37-13(3)30)15(10-36-12(2)29)39-19(16)40-21(22(5,23)20(32)33)35-9-8-34-7-6-25-27-24/h15-19,21H,6-10H2,1-5H3,(H,26,28)(H,32,33)/t15-,16-,17-,18-,19+,21-,22+/m1/s1. The number of amides is 1. The highest BCUT2D eigenvalue weighted by molar-refractivity contribution is 9.10. The molecule has 0 aliphatic carbocycles. The molecule has 1 saturated heterocycles. The first-order valence-electron chi connectivity index (χ1n) is 11.9. The Kier molecular flexibility index (Phi) is 14.8. The van der Waals surface area contributed by atoms with Crippen LogP contribution in [0.5, 0.6) is 0 Å². The Hall–Kier alpha value is -3.02. The zero-order valence-electron chi connectivity index (χ0n) is 22.6. The lowest BCUT2D eigenvalue weighted by molar-refractivity contribution is -0.319. The maximum Gasteiger partial charge on any atom is 0.325 e. The van der Waals surface area contributed by atoms with Crippen molar-refractivity contribution in [3.63, 3.8) is 0 Å². The van der Waals surface area contributed by atoms with Gasteiger partial charge in [-0.05, 0) is 12.5 Å². The minimum atomic E-state index is -1.88. The van der Waals surface area contributed by atoms with Crippen LogP contribution in [0.2, 0.25) is 0 Å². The fourth-order valence-electron chi connectivity index (χ4n) is 3.42. The third-order valence-corrected chi connectivity index (χ3v) is 5.80. The molecule has 1 heterocycles. The van der Waals surface area contributed by atoms with Gasteiger partial charge in [0.1, 0.15) is 18.8 Å². The number of halogens is 1. The van der Waals surface area contributed by atoms with Crippen molar-refractivity contribution in [2.24, 2.45) is 5.11 Å². The van der Waals surface area contributed by atoms with E-state index < -0.39 is 77.6 Å². The van der Waals surface area contributed by atoms with Crippen LogP contribution >= 0.6 is 15.9 Å². The van der Waals surface area contributed by atoms with E-state index in [4.69, 9.17) is 38.7 Å². The number of azide groups is 1. The molecule has 0 bridgehead atoms. The second kappa shape index (κ2) is 16.9. The number of carboxylic acid groups (broad SMARTS) is 1. The van der Waals surface area contributed by atoms with Crippen molar-refractivity contribution in [1.29, 1.82) is 0 Å². The summed E-state index contributed by atoms with van der Waals surface area (Å²) in [5.41, 5.74) is 8.31. The molecule has 1 aliphatic rings. The predicted molar refractivity (Wildman–Crippen MR) is 135 cm³/mol. The lowest BCUT2D eigenvalue weighted by atomic mass is 9.96. The molecule has 1 aliphatic heterocycles. The van der Waals surface area contributed by atoms with Crippen LogP contribution < -0.4 is 5.32 Å². The Bertz CT molecular complexity index is 959. The highest BCUT2D eigenvalue weighted by atomic mass is 79.9. The summed E-state index contributed by atoms with van der Waals surface area (Å²) in [6.07, 6.45) is -7.24. The molecule has 1 rings (SSSR count). The fourth-order valence-corrected chi connectivity index (χ4v) is 3.66. The van der Waals surface area contributed by atoms with E-state index in [0.717, 1.165) is 27.7 Å². The lowest BCUT2D eigenvalue weighted by Gasteiger charge is -2.46. The van der Waals surface area contributed by atoms with Crippen molar-refractivity contribution in [2.45, 2.75) is 75.9 Å². The molecule has 0 aromatic carbocycles. The maximum atomic E-state index is 12.1. The average Bonchev–Trinajstić information content (AvgIpc) is 2.83. The van der Waals surface area contributed by atoms with Crippen LogP contribution in [0, 0.1) is 0 Å². The molecule has 226 valence electrons. The van der Waals surface area contributed by atoms with E-state index in [0.29, 0.717) is 0 Å². The molecule has 1 fully saturated rings. The largest absolute Gasteiger partial charge is 0.480 e. The van der Waals surface area contributed by atoms with Crippen LogP contribution in [0.15, 0.2) is 5.11 Å². The second-order valence-corrected chi connectivity index (χ2v) is 10.2. The van der Waals surface area contributed by atoms with Crippen molar-refractivity contribution in [3.05, 3.63) is 10.4 Å². The van der Waals surface area contributed by atoms with Crippen molar-refractivity contribution in [2.75, 3.05) is 33.0 Å². The molecule has 0 spiro atoms. The Labute approximate surface area is 237 Å². The van der Waals surface area contributed by atoms with Gasteiger partial charge in [-0.2, -0.15) is 0 Å². The van der Waals surface area contributed by atoms with E-state index in [2.05, 4.69) is 31.3 Å². The van der Waals surface area contributed by atoms with Gasteiger partial charge in [0.15, 0.2) is 29.1 Å². The summed E-state index contributed by atoms with van der Waals surface area (Å²) in [6, 6.07) is -1.34. The number of carbonyl (C=O) groups excluding carboxylic acids is 4. The van der Waals surface area contributed by atoms with Gasteiger partial charge in [0.25, 0.3) is 0 Å². The van der Waals surface area contributed by atoms with E-state index in [1.165, 1.54) is 6.92 Å². The third-order valence-electron chi connectivity index (χ3n) is 5.09. The van der Waals surface area contributed by atoms with Crippen LogP contribution in [0.25, 0.3) is 10.4 Å². The zero-order valence-corrected chi connectivity index (χ0v) is 24.2. The molecule has 1 amide bonds. The van der Waals surface area contributed by atoms with Crippen molar-refractivity contribution < 1.29 is 62.2 Å². The molecule has 0 aromatic heterocycles. The second-order valence-electron chi connectivity index (χ2n) is 8.51. The van der Waals surface area contributed by atoms with Crippen LogP contribution in [-0.2, 0) is 57.1 Å². The average molecular weight is 641 g/mol. The number of nitrogens with zero attached hydrogens (tertiary/aromatic N) is 3. The Morgan fingerprint density at radius 1 is 1.05 bits per heavy atom. The van der Waals surface area contributed by atoms with Gasteiger partial charge in [-0.25, -0.2) is 0 Å². The number of hydrogen-bond donors (Lipinski definition) is 2. The van der Waals surface area contributed by atoms with Gasteiger partial charge < -0.3 is 43.6 Å². The maximum absolute atomic E-state index is 12.1. The summed E-state index contributed by atoms with van der Waals surface area (Å²) in [5, 5.41) is 15.6. The molecular weight excluding hydrogens is 608 g/mol. The summed E-state index contributed by atoms with van der Waals surface area (Å²) in [5.74, 6) is -4.31. The number of ether oxygens (including phenoxy) is 7. The molecule has 7 atom stereocenters.